The number of halogens is 1. The third kappa shape index (κ3) is 6.99. The van der Waals surface area contributed by atoms with Crippen molar-refractivity contribution in [3.8, 4) is 11.5 Å². The van der Waals surface area contributed by atoms with E-state index < -0.39 is 27.8 Å². The number of hydrogen-bond acceptors (Lipinski definition) is 6. The van der Waals surface area contributed by atoms with Crippen molar-refractivity contribution < 1.29 is 27.5 Å². The van der Waals surface area contributed by atoms with Gasteiger partial charge in [-0.25, -0.2) is 18.3 Å². The molecular formula is C18H22FN5O5S. The van der Waals surface area contributed by atoms with Crippen LogP contribution in [-0.2, 0) is 14.8 Å². The molecule has 0 radical (unpaired) electrons. The van der Waals surface area contributed by atoms with Gasteiger partial charge >= 0.3 is 0 Å². The van der Waals surface area contributed by atoms with Gasteiger partial charge in [-0.3, -0.25) is 15.4 Å². The summed E-state index contributed by atoms with van der Waals surface area (Å²) < 4.78 is 45.8. The Labute approximate surface area is 172 Å². The highest BCUT2D eigenvalue weighted by Crippen LogP contribution is 2.23. The van der Waals surface area contributed by atoms with Crippen LogP contribution < -0.4 is 26.0 Å². The van der Waals surface area contributed by atoms with Crippen LogP contribution in [0.5, 0.6) is 11.5 Å². The molecule has 0 heterocycles. The summed E-state index contributed by atoms with van der Waals surface area (Å²) in [5, 5.41) is 18.5. The van der Waals surface area contributed by atoms with Crippen molar-refractivity contribution in [3.63, 3.8) is 0 Å². The van der Waals surface area contributed by atoms with Crippen LogP contribution in [0.15, 0.2) is 53.4 Å². The quantitative estimate of drug-likeness (QED) is 0.106. The molecule has 0 aliphatic rings. The number of rotatable bonds is 10. The molecule has 10 nitrogen and oxygen atoms in total. The second kappa shape index (κ2) is 10.5. The Balaban J connectivity index is 2.04. The Morgan fingerprint density at radius 2 is 1.70 bits per heavy atom. The minimum Gasteiger partial charge on any atom is -0.457 e. The fourth-order valence-electron chi connectivity index (χ4n) is 2.43. The number of nitrogens with two attached hydrogens (primary N) is 1. The number of sulfonamides is 1. The highest BCUT2D eigenvalue weighted by Gasteiger charge is 2.25. The minimum absolute atomic E-state index is 0.0532. The van der Waals surface area contributed by atoms with Crippen LogP contribution >= 0.6 is 0 Å². The number of hydroxylamine groups is 1. The first kappa shape index (κ1) is 23.1. The molecule has 0 bridgehead atoms. The average molecular weight is 439 g/mol. The van der Waals surface area contributed by atoms with E-state index in [4.69, 9.17) is 21.1 Å². The molecule has 2 rings (SSSR count). The second-order valence-corrected chi connectivity index (χ2v) is 7.87. The van der Waals surface area contributed by atoms with Gasteiger partial charge in [0.25, 0.3) is 5.91 Å². The number of ether oxygens (including phenoxy) is 1. The molecule has 1 atom stereocenters. The highest BCUT2D eigenvalue weighted by molar-refractivity contribution is 7.89. The predicted molar refractivity (Wildman–Crippen MR) is 106 cm³/mol. The van der Waals surface area contributed by atoms with Gasteiger partial charge < -0.3 is 15.8 Å². The third-order valence-corrected chi connectivity index (χ3v) is 5.38. The predicted octanol–water partition coefficient (Wildman–Crippen LogP) is 1.03. The summed E-state index contributed by atoms with van der Waals surface area (Å²) >= 11 is 0. The number of hydrogen-bond donors (Lipinski definition) is 6. The maximum Gasteiger partial charge on any atom is 0.261 e. The van der Waals surface area contributed by atoms with E-state index in [0.717, 1.165) is 0 Å². The van der Waals surface area contributed by atoms with Gasteiger partial charge in [-0.15, -0.1) is 0 Å². The fraction of sp³-hybridized carbons (Fsp3) is 0.222. The summed E-state index contributed by atoms with van der Waals surface area (Å²) in [7, 11) is -4.08. The molecule has 30 heavy (non-hydrogen) atoms. The summed E-state index contributed by atoms with van der Waals surface area (Å²) in [5.74, 6) is -0.864. The molecule has 0 spiro atoms. The van der Waals surface area contributed by atoms with Crippen LogP contribution in [0.3, 0.4) is 0 Å². The van der Waals surface area contributed by atoms with Crippen molar-refractivity contribution in [2.75, 3.05) is 6.54 Å². The first-order chi connectivity index (χ1) is 14.2. The van der Waals surface area contributed by atoms with Crippen molar-refractivity contribution in [3.05, 3.63) is 54.3 Å². The van der Waals surface area contributed by atoms with E-state index in [1.165, 1.54) is 54.0 Å². The summed E-state index contributed by atoms with van der Waals surface area (Å²) in [4.78, 5) is 11.7. The zero-order valence-corrected chi connectivity index (χ0v) is 16.6. The zero-order chi connectivity index (χ0) is 22.1. The standard InChI is InChI=1S/C18H22FN5O5S/c19-12-3-5-13(6-4-12)29-14-7-9-15(10-8-14)30(27,28)24-16(17(25)23-26)2-1-11-22-18(20)21/h3-10,16,24,26H,1-2,11H2,(H,23,25)(H4,20,21,22)/t16-/m1/s1. The highest BCUT2D eigenvalue weighted by atomic mass is 32.2. The lowest BCUT2D eigenvalue weighted by Crippen LogP contribution is -2.46. The van der Waals surface area contributed by atoms with E-state index in [1.807, 2.05) is 0 Å². The van der Waals surface area contributed by atoms with Crippen LogP contribution in [0.2, 0.25) is 0 Å². The number of carbonyl (C=O) groups excluding carboxylic acids is 1. The first-order valence-electron chi connectivity index (χ1n) is 8.79. The van der Waals surface area contributed by atoms with Gasteiger partial charge in [0, 0.05) is 6.54 Å². The molecule has 7 N–H and O–H groups in total. The Morgan fingerprint density at radius 3 is 2.23 bits per heavy atom. The van der Waals surface area contributed by atoms with Crippen LogP contribution in [-0.4, -0.2) is 38.1 Å². The molecule has 0 saturated heterocycles. The van der Waals surface area contributed by atoms with Crippen molar-refractivity contribution in [1.29, 1.82) is 5.41 Å². The largest absolute Gasteiger partial charge is 0.457 e. The lowest BCUT2D eigenvalue weighted by Gasteiger charge is -2.17. The van der Waals surface area contributed by atoms with Crippen LogP contribution in [0.4, 0.5) is 4.39 Å². The molecule has 2 aromatic carbocycles. The third-order valence-electron chi connectivity index (χ3n) is 3.89. The molecule has 0 fully saturated rings. The topological polar surface area (TPSA) is 167 Å². The maximum atomic E-state index is 12.9. The van der Waals surface area contributed by atoms with Gasteiger partial charge in [0.1, 0.15) is 23.4 Å². The van der Waals surface area contributed by atoms with Gasteiger partial charge in [-0.2, -0.15) is 4.72 Å². The molecular weight excluding hydrogens is 417 g/mol. The Bertz CT molecular complexity index is 967. The molecule has 0 saturated carbocycles. The fourth-order valence-corrected chi connectivity index (χ4v) is 3.66. The van der Waals surface area contributed by atoms with Crippen molar-refractivity contribution >= 4 is 21.9 Å². The second-order valence-electron chi connectivity index (χ2n) is 6.16. The van der Waals surface area contributed by atoms with Crippen molar-refractivity contribution in [1.82, 2.24) is 15.5 Å². The number of carbonyl (C=O) groups is 1. The maximum absolute atomic E-state index is 12.9. The summed E-state index contributed by atoms with van der Waals surface area (Å²) in [6.45, 7) is 0.252. The summed E-state index contributed by atoms with van der Waals surface area (Å²) in [6, 6.07) is 9.49. The summed E-state index contributed by atoms with van der Waals surface area (Å²) in [6.07, 6.45) is 0.363. The van der Waals surface area contributed by atoms with E-state index in [-0.39, 0.29) is 23.8 Å². The van der Waals surface area contributed by atoms with Gasteiger partial charge in [0.05, 0.1) is 4.90 Å². The van der Waals surface area contributed by atoms with Gasteiger partial charge in [-0.1, -0.05) is 0 Å². The number of benzene rings is 2. The molecule has 0 unspecified atom stereocenters. The molecule has 2 aromatic rings. The van der Waals surface area contributed by atoms with E-state index in [0.29, 0.717) is 17.9 Å². The van der Waals surface area contributed by atoms with Crippen molar-refractivity contribution in [2.45, 2.75) is 23.8 Å². The van der Waals surface area contributed by atoms with Crippen LogP contribution in [0.1, 0.15) is 12.8 Å². The zero-order valence-electron chi connectivity index (χ0n) is 15.8. The van der Waals surface area contributed by atoms with Gasteiger partial charge in [-0.05, 0) is 61.4 Å². The van der Waals surface area contributed by atoms with Crippen LogP contribution in [0.25, 0.3) is 0 Å². The molecule has 162 valence electrons. The Morgan fingerprint density at radius 1 is 1.13 bits per heavy atom. The average Bonchev–Trinajstić information content (AvgIpc) is 2.71. The Hall–Kier alpha value is -3.22. The lowest BCUT2D eigenvalue weighted by atomic mass is 10.1. The summed E-state index contributed by atoms with van der Waals surface area (Å²) in [5.41, 5.74) is 6.58. The number of amides is 1. The smallest absolute Gasteiger partial charge is 0.261 e. The minimum atomic E-state index is -4.08. The van der Waals surface area contributed by atoms with Crippen molar-refractivity contribution in [2.24, 2.45) is 5.73 Å². The first-order valence-corrected chi connectivity index (χ1v) is 10.3. The number of guanidine groups is 1. The van der Waals surface area contributed by atoms with E-state index in [1.54, 1.807) is 0 Å². The van der Waals surface area contributed by atoms with Gasteiger partial charge in [0.2, 0.25) is 10.0 Å². The molecule has 0 aromatic heterocycles. The monoisotopic (exact) mass is 439 g/mol. The molecule has 12 heteroatoms. The van der Waals surface area contributed by atoms with Crippen LogP contribution in [0, 0.1) is 11.2 Å². The molecule has 1 amide bonds. The van der Waals surface area contributed by atoms with E-state index in [9.17, 15) is 17.6 Å². The number of nitrogens with one attached hydrogen (secondary N) is 4. The van der Waals surface area contributed by atoms with E-state index in [2.05, 4.69) is 10.0 Å². The molecule has 0 aliphatic heterocycles. The normalized spacial score (nSPS) is 12.1. The molecule has 0 aliphatic carbocycles. The Kier molecular flexibility index (Phi) is 8.09. The van der Waals surface area contributed by atoms with Gasteiger partial charge in [0.15, 0.2) is 5.96 Å². The SMILES string of the molecule is N=C(N)NCCC[C@@H](NS(=O)(=O)c1ccc(Oc2ccc(F)cc2)cc1)C(=O)NO. The lowest BCUT2D eigenvalue weighted by molar-refractivity contribution is -0.131. The van der Waals surface area contributed by atoms with E-state index >= 15 is 0 Å².